The van der Waals surface area contributed by atoms with E-state index in [2.05, 4.69) is 12.2 Å². The Hall–Kier alpha value is -1.84. The molecule has 0 unspecified atom stereocenters. The van der Waals surface area contributed by atoms with Gasteiger partial charge in [0.25, 0.3) is 5.91 Å². The first kappa shape index (κ1) is 17.5. The number of ether oxygens (including phenoxy) is 1. The molecule has 1 saturated carbocycles. The lowest BCUT2D eigenvalue weighted by Gasteiger charge is -2.18. The summed E-state index contributed by atoms with van der Waals surface area (Å²) >= 11 is 0. The molecule has 126 valence electrons. The number of benzene rings is 1. The van der Waals surface area contributed by atoms with Gasteiger partial charge in [0.2, 0.25) is 0 Å². The fourth-order valence-corrected chi connectivity index (χ4v) is 3.35. The van der Waals surface area contributed by atoms with E-state index in [0.717, 1.165) is 47.9 Å². The average Bonchev–Trinajstić information content (AvgIpc) is 3.02. The Bertz CT molecular complexity index is 599. The van der Waals surface area contributed by atoms with E-state index in [9.17, 15) is 9.59 Å². The topological polar surface area (TPSA) is 55.4 Å². The lowest BCUT2D eigenvalue weighted by atomic mass is 9.90. The van der Waals surface area contributed by atoms with Gasteiger partial charge in [-0.25, -0.2) is 4.79 Å². The summed E-state index contributed by atoms with van der Waals surface area (Å²) in [7, 11) is 0. The van der Waals surface area contributed by atoms with E-state index in [0.29, 0.717) is 5.56 Å². The molecule has 1 fully saturated rings. The minimum atomic E-state index is -0.409. The SMILES string of the molecule is Cc1c(C)c(C)c(C(=O)OCC(=O)NC2CCCC2)c(C)c1C. The molecular formula is C19H27NO3. The highest BCUT2D eigenvalue weighted by molar-refractivity contribution is 5.95. The highest BCUT2D eigenvalue weighted by Gasteiger charge is 2.21. The predicted molar refractivity (Wildman–Crippen MR) is 90.8 cm³/mol. The smallest absolute Gasteiger partial charge is 0.339 e. The van der Waals surface area contributed by atoms with Crippen molar-refractivity contribution in [3.63, 3.8) is 0 Å². The van der Waals surface area contributed by atoms with Crippen molar-refractivity contribution >= 4 is 11.9 Å². The van der Waals surface area contributed by atoms with Crippen molar-refractivity contribution in [1.82, 2.24) is 5.32 Å². The molecule has 0 heterocycles. The van der Waals surface area contributed by atoms with Crippen molar-refractivity contribution in [2.24, 2.45) is 0 Å². The third-order valence-corrected chi connectivity index (χ3v) is 5.26. The van der Waals surface area contributed by atoms with Crippen LogP contribution in [0.4, 0.5) is 0 Å². The van der Waals surface area contributed by atoms with E-state index < -0.39 is 5.97 Å². The van der Waals surface area contributed by atoms with Crippen LogP contribution in [0, 0.1) is 34.6 Å². The van der Waals surface area contributed by atoms with Crippen LogP contribution in [0.25, 0.3) is 0 Å². The van der Waals surface area contributed by atoms with Crippen molar-refractivity contribution in [1.29, 1.82) is 0 Å². The van der Waals surface area contributed by atoms with Gasteiger partial charge in [-0.2, -0.15) is 0 Å². The van der Waals surface area contributed by atoms with Gasteiger partial charge in [-0.15, -0.1) is 0 Å². The van der Waals surface area contributed by atoms with E-state index >= 15 is 0 Å². The minimum absolute atomic E-state index is 0.207. The maximum Gasteiger partial charge on any atom is 0.339 e. The molecule has 0 radical (unpaired) electrons. The van der Waals surface area contributed by atoms with Crippen molar-refractivity contribution in [3.8, 4) is 0 Å². The summed E-state index contributed by atoms with van der Waals surface area (Å²) in [6, 6.07) is 0.244. The first-order chi connectivity index (χ1) is 10.8. The molecule has 1 aromatic rings. The molecule has 0 spiro atoms. The number of esters is 1. The fourth-order valence-electron chi connectivity index (χ4n) is 3.35. The lowest BCUT2D eigenvalue weighted by molar-refractivity contribution is -0.124. The summed E-state index contributed by atoms with van der Waals surface area (Å²) in [5.41, 5.74) is 5.89. The molecule has 1 aliphatic rings. The zero-order valence-corrected chi connectivity index (χ0v) is 14.8. The largest absolute Gasteiger partial charge is 0.452 e. The van der Waals surface area contributed by atoms with Crippen LogP contribution in [-0.2, 0) is 9.53 Å². The van der Waals surface area contributed by atoms with Gasteiger partial charge in [0, 0.05) is 6.04 Å². The molecule has 0 aliphatic heterocycles. The van der Waals surface area contributed by atoms with E-state index in [1.807, 2.05) is 27.7 Å². The Morgan fingerprint density at radius 2 is 1.39 bits per heavy atom. The quantitative estimate of drug-likeness (QED) is 0.865. The van der Waals surface area contributed by atoms with Crippen molar-refractivity contribution in [2.45, 2.75) is 66.3 Å². The second-order valence-corrected chi connectivity index (χ2v) is 6.63. The summed E-state index contributed by atoms with van der Waals surface area (Å²) in [5, 5.41) is 2.93. The molecule has 1 aliphatic carbocycles. The summed E-state index contributed by atoms with van der Waals surface area (Å²) in [5.74, 6) is -0.617. The second-order valence-electron chi connectivity index (χ2n) is 6.63. The van der Waals surface area contributed by atoms with E-state index in [1.54, 1.807) is 0 Å². The molecular weight excluding hydrogens is 290 g/mol. The number of carbonyl (C=O) groups is 2. The van der Waals surface area contributed by atoms with Gasteiger partial charge in [-0.05, 0) is 75.3 Å². The maximum absolute atomic E-state index is 12.4. The third kappa shape index (κ3) is 3.74. The average molecular weight is 317 g/mol. The molecule has 23 heavy (non-hydrogen) atoms. The summed E-state index contributed by atoms with van der Waals surface area (Å²) in [4.78, 5) is 24.3. The molecule has 1 aromatic carbocycles. The highest BCUT2D eigenvalue weighted by atomic mass is 16.5. The summed E-state index contributed by atoms with van der Waals surface area (Å²) < 4.78 is 5.26. The van der Waals surface area contributed by atoms with Crippen LogP contribution in [0.1, 0.15) is 63.9 Å². The molecule has 0 aromatic heterocycles. The third-order valence-electron chi connectivity index (χ3n) is 5.26. The minimum Gasteiger partial charge on any atom is -0.452 e. The Morgan fingerprint density at radius 3 is 1.91 bits per heavy atom. The van der Waals surface area contributed by atoms with E-state index in [1.165, 1.54) is 5.56 Å². The van der Waals surface area contributed by atoms with Crippen LogP contribution in [-0.4, -0.2) is 24.5 Å². The Balaban J connectivity index is 2.05. The van der Waals surface area contributed by atoms with Gasteiger partial charge >= 0.3 is 5.97 Å². The van der Waals surface area contributed by atoms with Gasteiger partial charge in [-0.1, -0.05) is 12.8 Å². The molecule has 1 N–H and O–H groups in total. The van der Waals surface area contributed by atoms with Crippen molar-refractivity contribution < 1.29 is 14.3 Å². The maximum atomic E-state index is 12.4. The van der Waals surface area contributed by atoms with Crippen LogP contribution in [0.15, 0.2) is 0 Å². The number of rotatable bonds is 4. The van der Waals surface area contributed by atoms with Crippen molar-refractivity contribution in [2.75, 3.05) is 6.61 Å². The Labute approximate surface area is 138 Å². The zero-order chi connectivity index (χ0) is 17.1. The van der Waals surface area contributed by atoms with E-state index in [-0.39, 0.29) is 18.6 Å². The number of nitrogens with one attached hydrogen (secondary N) is 1. The monoisotopic (exact) mass is 317 g/mol. The first-order valence-corrected chi connectivity index (χ1v) is 8.36. The zero-order valence-electron chi connectivity index (χ0n) is 14.8. The van der Waals surface area contributed by atoms with Crippen LogP contribution < -0.4 is 5.32 Å². The number of amides is 1. The van der Waals surface area contributed by atoms with Gasteiger partial charge < -0.3 is 10.1 Å². The molecule has 1 amide bonds. The molecule has 0 saturated heterocycles. The van der Waals surface area contributed by atoms with Crippen LogP contribution in [0.2, 0.25) is 0 Å². The molecule has 4 nitrogen and oxygen atoms in total. The Morgan fingerprint density at radius 1 is 0.913 bits per heavy atom. The van der Waals surface area contributed by atoms with Crippen molar-refractivity contribution in [3.05, 3.63) is 33.4 Å². The van der Waals surface area contributed by atoms with Crippen LogP contribution in [0.3, 0.4) is 0 Å². The highest BCUT2D eigenvalue weighted by Crippen LogP contribution is 2.26. The lowest BCUT2D eigenvalue weighted by Crippen LogP contribution is -2.36. The second kappa shape index (κ2) is 7.16. The normalized spacial score (nSPS) is 14.8. The van der Waals surface area contributed by atoms with Gasteiger partial charge in [0.05, 0.1) is 5.56 Å². The van der Waals surface area contributed by atoms with Crippen LogP contribution in [0.5, 0.6) is 0 Å². The predicted octanol–water partition coefficient (Wildman–Crippen LogP) is 3.44. The van der Waals surface area contributed by atoms with E-state index in [4.69, 9.17) is 4.74 Å². The molecule has 4 heteroatoms. The first-order valence-electron chi connectivity index (χ1n) is 8.36. The van der Waals surface area contributed by atoms with Crippen LogP contribution >= 0.6 is 0 Å². The standard InChI is InChI=1S/C19H27NO3/c1-11-12(2)14(4)18(15(5)13(11)3)19(22)23-10-17(21)20-16-8-6-7-9-16/h16H,6-10H2,1-5H3,(H,20,21). The summed E-state index contributed by atoms with van der Waals surface area (Å²) in [6.07, 6.45) is 4.36. The van der Waals surface area contributed by atoms with Gasteiger partial charge in [-0.3, -0.25) is 4.79 Å². The number of carbonyl (C=O) groups excluding carboxylic acids is 2. The molecule has 0 atom stereocenters. The molecule has 2 rings (SSSR count). The number of hydrogen-bond acceptors (Lipinski definition) is 3. The molecule has 0 bridgehead atoms. The van der Waals surface area contributed by atoms with Gasteiger partial charge in [0.1, 0.15) is 0 Å². The fraction of sp³-hybridized carbons (Fsp3) is 0.579. The number of hydrogen-bond donors (Lipinski definition) is 1. The summed E-state index contributed by atoms with van der Waals surface area (Å²) in [6.45, 7) is 9.75. The Kier molecular flexibility index (Phi) is 5.45. The van der Waals surface area contributed by atoms with Gasteiger partial charge in [0.15, 0.2) is 6.61 Å².